The molecule has 1 atom stereocenters. The van der Waals surface area contributed by atoms with Crippen molar-refractivity contribution in [1.82, 2.24) is 4.90 Å². The van der Waals surface area contributed by atoms with Crippen LogP contribution in [0.4, 0.5) is 5.69 Å². The number of likely N-dealkylation sites (tertiary alicyclic amines) is 1. The number of hydrogen-bond acceptors (Lipinski definition) is 3. The molecule has 0 radical (unpaired) electrons. The monoisotopic (exact) mass is 365 g/mol. The van der Waals surface area contributed by atoms with Gasteiger partial charge in [0.05, 0.1) is 17.3 Å². The summed E-state index contributed by atoms with van der Waals surface area (Å²) < 4.78 is 0. The minimum Gasteiger partial charge on any atom is -0.330 e. The van der Waals surface area contributed by atoms with E-state index in [1.807, 2.05) is 0 Å². The molecule has 0 aliphatic carbocycles. The van der Waals surface area contributed by atoms with Gasteiger partial charge in [-0.3, -0.25) is 9.69 Å². The summed E-state index contributed by atoms with van der Waals surface area (Å²) in [6.45, 7) is 1.97. The van der Waals surface area contributed by atoms with E-state index < -0.39 is 0 Å². The molecule has 1 aromatic carbocycles. The smallest absolute Gasteiger partial charge is 0.238 e. The van der Waals surface area contributed by atoms with E-state index in [1.165, 1.54) is 6.42 Å². The molecule has 1 amide bonds. The summed E-state index contributed by atoms with van der Waals surface area (Å²) in [6, 6.07) is 5.44. The minimum absolute atomic E-state index is 0. The first-order valence-electron chi connectivity index (χ1n) is 7.29. The van der Waals surface area contributed by atoms with Gasteiger partial charge in [-0.25, -0.2) is 0 Å². The molecule has 22 heavy (non-hydrogen) atoms. The van der Waals surface area contributed by atoms with Crippen LogP contribution >= 0.6 is 35.6 Å². The van der Waals surface area contributed by atoms with E-state index in [-0.39, 0.29) is 18.3 Å². The predicted molar refractivity (Wildman–Crippen MR) is 95.2 cm³/mol. The van der Waals surface area contributed by atoms with Crippen LogP contribution in [0.1, 0.15) is 25.7 Å². The van der Waals surface area contributed by atoms with Crippen LogP contribution in [-0.4, -0.2) is 36.5 Å². The molecule has 1 aliphatic heterocycles. The molecule has 1 aliphatic rings. The molecule has 2 rings (SSSR count). The van der Waals surface area contributed by atoms with Gasteiger partial charge in [0.15, 0.2) is 0 Å². The first kappa shape index (κ1) is 19.5. The molecule has 1 saturated heterocycles. The number of benzene rings is 1. The van der Waals surface area contributed by atoms with Crippen LogP contribution in [0.2, 0.25) is 10.0 Å². The van der Waals surface area contributed by atoms with Crippen LogP contribution in [0.15, 0.2) is 18.2 Å². The fraction of sp³-hybridized carbons (Fsp3) is 0.533. The van der Waals surface area contributed by atoms with Crippen LogP contribution < -0.4 is 11.1 Å². The summed E-state index contributed by atoms with van der Waals surface area (Å²) in [7, 11) is 0. The van der Waals surface area contributed by atoms with E-state index in [4.69, 9.17) is 28.9 Å². The third-order valence-electron chi connectivity index (χ3n) is 3.80. The van der Waals surface area contributed by atoms with Crippen LogP contribution in [0.25, 0.3) is 0 Å². The lowest BCUT2D eigenvalue weighted by Crippen LogP contribution is -2.44. The van der Waals surface area contributed by atoms with E-state index in [0.717, 1.165) is 25.8 Å². The van der Waals surface area contributed by atoms with Crippen LogP contribution in [0.5, 0.6) is 0 Å². The lowest BCUT2D eigenvalue weighted by atomic mass is 9.99. The van der Waals surface area contributed by atoms with Gasteiger partial charge >= 0.3 is 0 Å². The highest BCUT2D eigenvalue weighted by molar-refractivity contribution is 6.35. The highest BCUT2D eigenvalue weighted by atomic mass is 35.5. The number of nitrogens with zero attached hydrogens (tertiary/aromatic N) is 1. The Morgan fingerprint density at radius 2 is 2.14 bits per heavy atom. The number of piperidine rings is 1. The maximum Gasteiger partial charge on any atom is 0.238 e. The number of carbonyl (C=O) groups excluding carboxylic acids is 1. The zero-order valence-electron chi connectivity index (χ0n) is 12.4. The number of hydrogen-bond donors (Lipinski definition) is 2. The zero-order chi connectivity index (χ0) is 15.2. The molecule has 1 fully saturated rings. The Balaban J connectivity index is 0.00000242. The van der Waals surface area contributed by atoms with Crippen LogP contribution in [0.3, 0.4) is 0 Å². The lowest BCUT2D eigenvalue weighted by Gasteiger charge is -2.35. The second kappa shape index (κ2) is 9.58. The van der Waals surface area contributed by atoms with Gasteiger partial charge in [-0.2, -0.15) is 0 Å². The summed E-state index contributed by atoms with van der Waals surface area (Å²) in [5.74, 6) is -0.0666. The quantitative estimate of drug-likeness (QED) is 0.837. The number of halogens is 3. The molecule has 124 valence electrons. The maximum atomic E-state index is 12.2. The predicted octanol–water partition coefficient (Wildman–Crippen LogP) is 3.56. The Hall–Kier alpha value is -0.520. The molecule has 7 heteroatoms. The molecule has 0 saturated carbocycles. The van der Waals surface area contributed by atoms with Gasteiger partial charge in [-0.1, -0.05) is 29.6 Å². The third kappa shape index (κ3) is 5.60. The van der Waals surface area contributed by atoms with Crippen molar-refractivity contribution in [2.75, 3.05) is 25.0 Å². The summed E-state index contributed by atoms with van der Waals surface area (Å²) >= 11 is 12.0. The number of nitrogens with one attached hydrogen (secondary N) is 1. The molecule has 3 N–H and O–H groups in total. The highest BCUT2D eigenvalue weighted by Gasteiger charge is 2.23. The van der Waals surface area contributed by atoms with Gasteiger partial charge in [0.25, 0.3) is 0 Å². The van der Waals surface area contributed by atoms with E-state index in [9.17, 15) is 4.79 Å². The van der Waals surface area contributed by atoms with E-state index in [1.54, 1.807) is 18.2 Å². The first-order valence-corrected chi connectivity index (χ1v) is 8.05. The van der Waals surface area contributed by atoms with Crippen LogP contribution in [0, 0.1) is 0 Å². The van der Waals surface area contributed by atoms with Gasteiger partial charge in [-0.15, -0.1) is 12.4 Å². The van der Waals surface area contributed by atoms with Crippen molar-refractivity contribution in [3.63, 3.8) is 0 Å². The van der Waals surface area contributed by atoms with E-state index in [2.05, 4.69) is 10.2 Å². The van der Waals surface area contributed by atoms with Gasteiger partial charge in [-0.05, 0) is 50.6 Å². The fourth-order valence-corrected chi connectivity index (χ4v) is 3.09. The van der Waals surface area contributed by atoms with Crippen molar-refractivity contribution in [2.24, 2.45) is 5.73 Å². The number of amides is 1. The Morgan fingerprint density at radius 1 is 1.36 bits per heavy atom. The number of anilines is 1. The van der Waals surface area contributed by atoms with Gasteiger partial charge < -0.3 is 11.1 Å². The van der Waals surface area contributed by atoms with Crippen molar-refractivity contribution in [1.29, 1.82) is 0 Å². The molecule has 1 aromatic rings. The largest absolute Gasteiger partial charge is 0.330 e. The summed E-state index contributed by atoms with van der Waals surface area (Å²) in [5.41, 5.74) is 6.21. The van der Waals surface area contributed by atoms with Gasteiger partial charge in [0, 0.05) is 11.1 Å². The average Bonchev–Trinajstić information content (AvgIpc) is 2.45. The Bertz CT molecular complexity index is 497. The highest BCUT2D eigenvalue weighted by Crippen LogP contribution is 2.25. The van der Waals surface area contributed by atoms with Crippen molar-refractivity contribution >= 4 is 47.2 Å². The topological polar surface area (TPSA) is 58.4 Å². The molecular weight excluding hydrogens is 345 g/mol. The Morgan fingerprint density at radius 3 is 2.86 bits per heavy atom. The molecule has 0 bridgehead atoms. The lowest BCUT2D eigenvalue weighted by molar-refractivity contribution is -0.118. The fourth-order valence-electron chi connectivity index (χ4n) is 2.75. The van der Waals surface area contributed by atoms with Crippen molar-refractivity contribution < 1.29 is 4.79 Å². The summed E-state index contributed by atoms with van der Waals surface area (Å²) in [4.78, 5) is 14.4. The number of rotatable bonds is 5. The number of carbonyl (C=O) groups is 1. The second-order valence-corrected chi connectivity index (χ2v) is 6.21. The van der Waals surface area contributed by atoms with E-state index >= 15 is 0 Å². The molecule has 0 spiro atoms. The molecule has 4 nitrogen and oxygen atoms in total. The summed E-state index contributed by atoms with van der Waals surface area (Å²) in [6.07, 6.45) is 4.39. The first-order chi connectivity index (χ1) is 10.1. The van der Waals surface area contributed by atoms with Gasteiger partial charge in [0.1, 0.15) is 0 Å². The maximum absolute atomic E-state index is 12.2. The van der Waals surface area contributed by atoms with Crippen molar-refractivity contribution in [2.45, 2.75) is 31.7 Å². The summed E-state index contributed by atoms with van der Waals surface area (Å²) in [5, 5.41) is 3.87. The Kier molecular flexibility index (Phi) is 8.50. The second-order valence-electron chi connectivity index (χ2n) is 5.37. The van der Waals surface area contributed by atoms with Crippen molar-refractivity contribution in [3.8, 4) is 0 Å². The SMILES string of the molecule is Cl.NCCC1CCCCN1CC(=O)Nc1cc(Cl)ccc1Cl. The Labute approximate surface area is 147 Å². The standard InChI is InChI=1S/C15H21Cl2N3O.ClH/c16-11-4-5-13(17)14(9-11)19-15(21)10-20-8-2-1-3-12(20)6-7-18;/h4-5,9,12H,1-3,6-8,10,18H2,(H,19,21);1H. The van der Waals surface area contributed by atoms with Gasteiger partial charge in [0.2, 0.25) is 5.91 Å². The molecule has 1 unspecified atom stereocenters. The molecule has 1 heterocycles. The normalized spacial score (nSPS) is 18.6. The van der Waals surface area contributed by atoms with E-state index in [0.29, 0.717) is 34.9 Å². The number of nitrogens with two attached hydrogens (primary N) is 1. The third-order valence-corrected chi connectivity index (χ3v) is 4.36. The van der Waals surface area contributed by atoms with Crippen LogP contribution in [-0.2, 0) is 4.79 Å². The minimum atomic E-state index is -0.0666. The zero-order valence-corrected chi connectivity index (χ0v) is 14.7. The average molecular weight is 367 g/mol. The molecule has 0 aromatic heterocycles. The van der Waals surface area contributed by atoms with Crippen molar-refractivity contribution in [3.05, 3.63) is 28.2 Å². The molecular formula is C15H22Cl3N3O.